The van der Waals surface area contributed by atoms with E-state index in [1.807, 2.05) is 0 Å². The molecule has 0 aliphatic heterocycles. The minimum absolute atomic E-state index is 0.0540. The zero-order valence-corrected chi connectivity index (χ0v) is 10.4. The Labute approximate surface area is 105 Å². The maximum absolute atomic E-state index is 13.1. The lowest BCUT2D eigenvalue weighted by Crippen LogP contribution is -2.08. The summed E-state index contributed by atoms with van der Waals surface area (Å²) in [6.07, 6.45) is -6.51. The van der Waals surface area contributed by atoms with Crippen molar-refractivity contribution in [1.29, 1.82) is 0 Å². The van der Waals surface area contributed by atoms with E-state index in [9.17, 15) is 22.7 Å². The molecule has 1 unspecified atom stereocenters. The van der Waals surface area contributed by atoms with Crippen molar-refractivity contribution in [2.45, 2.75) is 31.5 Å². The smallest absolute Gasteiger partial charge is 0.388 e. The molecule has 0 saturated carbocycles. The first kappa shape index (κ1) is 14.4. The van der Waals surface area contributed by atoms with Crippen molar-refractivity contribution < 1.29 is 22.7 Å². The molecule has 1 nitrogen and oxygen atoms in total. The van der Waals surface area contributed by atoms with Crippen LogP contribution in [0.4, 0.5) is 17.6 Å². The van der Waals surface area contributed by atoms with E-state index in [-0.39, 0.29) is 22.9 Å². The van der Waals surface area contributed by atoms with Crippen LogP contribution in [0, 0.1) is 5.82 Å². The Morgan fingerprint density at radius 1 is 1.29 bits per heavy atom. The van der Waals surface area contributed by atoms with E-state index >= 15 is 0 Å². The standard InChI is InChI=1S/C11H11BrF4O/c12-10-7(3-1-4-8(10)13)9(17)5-2-6-11(14,15)16/h1,3-4,9,17H,2,5-6H2. The van der Waals surface area contributed by atoms with Crippen molar-refractivity contribution in [2.24, 2.45) is 0 Å². The molecule has 0 spiro atoms. The van der Waals surface area contributed by atoms with Crippen molar-refractivity contribution in [3.05, 3.63) is 34.1 Å². The first-order chi connectivity index (χ1) is 7.81. The Morgan fingerprint density at radius 2 is 1.94 bits per heavy atom. The fourth-order valence-corrected chi connectivity index (χ4v) is 1.96. The second kappa shape index (κ2) is 5.82. The molecule has 17 heavy (non-hydrogen) atoms. The largest absolute Gasteiger partial charge is 0.389 e. The predicted octanol–water partition coefficient (Wildman–Crippen LogP) is 4.35. The Hall–Kier alpha value is -0.620. The molecule has 0 radical (unpaired) electrons. The average Bonchev–Trinajstić information content (AvgIpc) is 2.20. The van der Waals surface area contributed by atoms with Crippen LogP contribution < -0.4 is 0 Å². The third kappa shape index (κ3) is 4.63. The lowest BCUT2D eigenvalue weighted by molar-refractivity contribution is -0.136. The molecule has 6 heteroatoms. The summed E-state index contributed by atoms with van der Waals surface area (Å²) >= 11 is 2.95. The monoisotopic (exact) mass is 314 g/mol. The summed E-state index contributed by atoms with van der Waals surface area (Å²) in [5.41, 5.74) is 0.271. The minimum Gasteiger partial charge on any atom is -0.388 e. The van der Waals surface area contributed by atoms with Crippen LogP contribution >= 0.6 is 15.9 Å². The fourth-order valence-electron chi connectivity index (χ4n) is 1.43. The number of aliphatic hydroxyl groups is 1. The molecule has 0 aromatic heterocycles. The van der Waals surface area contributed by atoms with E-state index in [4.69, 9.17) is 0 Å². The molecule has 0 amide bonds. The molecule has 1 aromatic rings. The maximum atomic E-state index is 13.1. The van der Waals surface area contributed by atoms with Crippen LogP contribution in [0.3, 0.4) is 0 Å². The van der Waals surface area contributed by atoms with Gasteiger partial charge in [-0.2, -0.15) is 13.2 Å². The lowest BCUT2D eigenvalue weighted by Gasteiger charge is -2.13. The van der Waals surface area contributed by atoms with Crippen LogP contribution in [0.5, 0.6) is 0 Å². The molecule has 1 atom stereocenters. The molecule has 0 aliphatic carbocycles. The van der Waals surface area contributed by atoms with Crippen LogP contribution in [0.1, 0.15) is 30.9 Å². The van der Waals surface area contributed by atoms with Crippen molar-refractivity contribution in [3.63, 3.8) is 0 Å². The van der Waals surface area contributed by atoms with Gasteiger partial charge < -0.3 is 5.11 Å². The van der Waals surface area contributed by atoms with Crippen LogP contribution in [0.2, 0.25) is 0 Å². The zero-order valence-electron chi connectivity index (χ0n) is 8.77. The number of aliphatic hydroxyl groups excluding tert-OH is 1. The van der Waals surface area contributed by atoms with Gasteiger partial charge in [-0.25, -0.2) is 4.39 Å². The van der Waals surface area contributed by atoms with Crippen LogP contribution in [0.15, 0.2) is 22.7 Å². The molecule has 0 heterocycles. The van der Waals surface area contributed by atoms with Gasteiger partial charge in [-0.05, 0) is 40.4 Å². The summed E-state index contributed by atoms with van der Waals surface area (Å²) in [7, 11) is 0. The summed E-state index contributed by atoms with van der Waals surface area (Å²) in [6.45, 7) is 0. The molecule has 96 valence electrons. The molecule has 1 N–H and O–H groups in total. The van der Waals surface area contributed by atoms with Crippen LogP contribution in [-0.4, -0.2) is 11.3 Å². The third-order valence-corrected chi connectivity index (χ3v) is 3.11. The Balaban J connectivity index is 2.58. The lowest BCUT2D eigenvalue weighted by atomic mass is 10.0. The van der Waals surface area contributed by atoms with E-state index < -0.39 is 24.5 Å². The van der Waals surface area contributed by atoms with Crippen LogP contribution in [-0.2, 0) is 0 Å². The van der Waals surface area contributed by atoms with E-state index in [1.54, 1.807) is 0 Å². The van der Waals surface area contributed by atoms with E-state index in [0.717, 1.165) is 0 Å². The van der Waals surface area contributed by atoms with Crippen molar-refractivity contribution in [1.82, 2.24) is 0 Å². The molecule has 1 rings (SSSR count). The Morgan fingerprint density at radius 3 is 2.53 bits per heavy atom. The Kier molecular flexibility index (Phi) is 4.94. The van der Waals surface area contributed by atoms with E-state index in [0.29, 0.717) is 0 Å². The summed E-state index contributed by atoms with van der Waals surface area (Å²) in [4.78, 5) is 0. The van der Waals surface area contributed by atoms with Gasteiger partial charge in [0.25, 0.3) is 0 Å². The van der Waals surface area contributed by atoms with Gasteiger partial charge in [0.05, 0.1) is 10.6 Å². The summed E-state index contributed by atoms with van der Waals surface area (Å²) < 4.78 is 48.9. The summed E-state index contributed by atoms with van der Waals surface area (Å²) in [6, 6.07) is 4.09. The minimum atomic E-state index is -4.22. The second-order valence-electron chi connectivity index (χ2n) is 3.67. The molecule has 0 saturated heterocycles. The molecule has 0 fully saturated rings. The first-order valence-electron chi connectivity index (χ1n) is 5.00. The number of benzene rings is 1. The van der Waals surface area contributed by atoms with Gasteiger partial charge >= 0.3 is 6.18 Å². The van der Waals surface area contributed by atoms with Crippen molar-refractivity contribution >= 4 is 15.9 Å². The van der Waals surface area contributed by atoms with Crippen LogP contribution in [0.25, 0.3) is 0 Å². The van der Waals surface area contributed by atoms with Gasteiger partial charge in [-0.1, -0.05) is 12.1 Å². The van der Waals surface area contributed by atoms with Gasteiger partial charge in [0.2, 0.25) is 0 Å². The normalized spacial score (nSPS) is 13.8. The van der Waals surface area contributed by atoms with Crippen molar-refractivity contribution in [2.75, 3.05) is 0 Å². The molecular weight excluding hydrogens is 304 g/mol. The molecule has 0 bridgehead atoms. The maximum Gasteiger partial charge on any atom is 0.389 e. The van der Waals surface area contributed by atoms with E-state index in [1.165, 1.54) is 18.2 Å². The SMILES string of the molecule is OC(CCCC(F)(F)F)c1cccc(F)c1Br. The zero-order chi connectivity index (χ0) is 13.1. The summed E-state index contributed by atoms with van der Waals surface area (Å²) in [5, 5.41) is 9.66. The van der Waals surface area contributed by atoms with Gasteiger partial charge in [-0.3, -0.25) is 0 Å². The number of halogens is 5. The van der Waals surface area contributed by atoms with E-state index in [2.05, 4.69) is 15.9 Å². The average molecular weight is 315 g/mol. The number of alkyl halides is 3. The second-order valence-corrected chi connectivity index (χ2v) is 4.46. The predicted molar refractivity (Wildman–Crippen MR) is 59.0 cm³/mol. The highest BCUT2D eigenvalue weighted by molar-refractivity contribution is 9.10. The Bertz CT molecular complexity index is 378. The number of rotatable bonds is 4. The number of hydrogen-bond acceptors (Lipinski definition) is 1. The van der Waals surface area contributed by atoms with Gasteiger partial charge in [0.15, 0.2) is 0 Å². The fraction of sp³-hybridized carbons (Fsp3) is 0.455. The van der Waals surface area contributed by atoms with Crippen molar-refractivity contribution in [3.8, 4) is 0 Å². The highest BCUT2D eigenvalue weighted by atomic mass is 79.9. The molecule has 1 aromatic carbocycles. The topological polar surface area (TPSA) is 20.2 Å². The molecular formula is C11H11BrF4O. The molecule has 0 aliphatic rings. The first-order valence-corrected chi connectivity index (χ1v) is 5.79. The third-order valence-electron chi connectivity index (χ3n) is 2.28. The highest BCUT2D eigenvalue weighted by Gasteiger charge is 2.27. The van der Waals surface area contributed by atoms with Gasteiger partial charge in [0.1, 0.15) is 5.82 Å². The number of hydrogen-bond donors (Lipinski definition) is 1. The quantitative estimate of drug-likeness (QED) is 0.819. The van der Waals surface area contributed by atoms with Gasteiger partial charge in [0, 0.05) is 6.42 Å². The highest BCUT2D eigenvalue weighted by Crippen LogP contribution is 2.30. The summed E-state index contributed by atoms with van der Waals surface area (Å²) in [5.74, 6) is -0.544. The van der Waals surface area contributed by atoms with Gasteiger partial charge in [-0.15, -0.1) is 0 Å².